The lowest BCUT2D eigenvalue weighted by Crippen LogP contribution is -2.39. The second-order valence-electron chi connectivity index (χ2n) is 10.7. The second-order valence-corrected chi connectivity index (χ2v) is 12.5. The number of ether oxygens (including phenoxy) is 2. The zero-order chi connectivity index (χ0) is 29.3. The Hall–Kier alpha value is -4.13. The van der Waals surface area contributed by atoms with E-state index in [1.165, 1.54) is 18.2 Å². The minimum atomic E-state index is -3.92. The first-order chi connectivity index (χ1) is 19.6. The van der Waals surface area contributed by atoms with Crippen molar-refractivity contribution in [1.29, 1.82) is 5.26 Å². The first-order valence-electron chi connectivity index (χ1n) is 13.4. The molecule has 9 heteroatoms. The van der Waals surface area contributed by atoms with Gasteiger partial charge in [0.2, 0.25) is 0 Å². The van der Waals surface area contributed by atoms with Crippen LogP contribution in [0.3, 0.4) is 0 Å². The molecule has 0 N–H and O–H groups in total. The third-order valence-corrected chi connectivity index (χ3v) is 10.3. The Labute approximate surface area is 239 Å². The van der Waals surface area contributed by atoms with Crippen molar-refractivity contribution in [1.82, 2.24) is 8.87 Å². The minimum absolute atomic E-state index is 0.178. The van der Waals surface area contributed by atoms with Gasteiger partial charge >= 0.3 is 0 Å². The molecule has 2 unspecified atom stereocenters. The minimum Gasteiger partial charge on any atom is -0.498 e. The van der Waals surface area contributed by atoms with Gasteiger partial charge in [0.1, 0.15) is 17.7 Å². The summed E-state index contributed by atoms with van der Waals surface area (Å²) in [5.74, 6) is -0.120. The lowest BCUT2D eigenvalue weighted by molar-refractivity contribution is 0.00463. The Kier molecular flexibility index (Phi) is 6.25. The summed E-state index contributed by atoms with van der Waals surface area (Å²) in [5.41, 5.74) is 3.59. The monoisotopic (exact) mass is 571 g/mol. The van der Waals surface area contributed by atoms with E-state index in [-0.39, 0.29) is 10.9 Å². The summed E-state index contributed by atoms with van der Waals surface area (Å²) in [6, 6.07) is 16.2. The number of nitrogens with zero attached hydrogens (tertiary/aromatic N) is 3. The highest BCUT2D eigenvalue weighted by molar-refractivity contribution is 7.90. The quantitative estimate of drug-likeness (QED) is 0.374. The van der Waals surface area contributed by atoms with E-state index >= 15 is 4.39 Å². The van der Waals surface area contributed by atoms with Crippen LogP contribution in [-0.4, -0.2) is 49.7 Å². The molecule has 0 saturated heterocycles. The molecule has 2 aromatic carbocycles. The number of aromatic nitrogens is 1. The highest BCUT2D eigenvalue weighted by atomic mass is 32.2. The molecule has 7 nitrogen and oxygen atoms in total. The SMILES string of the molecule is COC1=CC2=C3C(C#N)=C(c4cn(S(=O)(=O)c5ccc(C)cc5)c5ccccc45)C(C)N3CCC2=C(F)C1(C)OC. The zero-order valence-electron chi connectivity index (χ0n) is 23.5. The zero-order valence-corrected chi connectivity index (χ0v) is 24.3. The summed E-state index contributed by atoms with van der Waals surface area (Å²) in [6.07, 6.45) is 3.81. The van der Waals surface area contributed by atoms with E-state index < -0.39 is 21.5 Å². The molecular weight excluding hydrogens is 541 g/mol. The van der Waals surface area contributed by atoms with Gasteiger partial charge < -0.3 is 14.4 Å². The predicted molar refractivity (Wildman–Crippen MR) is 155 cm³/mol. The summed E-state index contributed by atoms with van der Waals surface area (Å²) in [5, 5.41) is 11.3. The van der Waals surface area contributed by atoms with Gasteiger partial charge in [-0.3, -0.25) is 0 Å². The molecule has 0 bridgehead atoms. The van der Waals surface area contributed by atoms with Gasteiger partial charge in [-0.15, -0.1) is 0 Å². The Bertz CT molecular complexity index is 1890. The van der Waals surface area contributed by atoms with Crippen LogP contribution in [0, 0.1) is 18.3 Å². The third kappa shape index (κ3) is 3.74. The van der Waals surface area contributed by atoms with Crippen molar-refractivity contribution in [3.63, 3.8) is 0 Å². The molecule has 0 spiro atoms. The number of hydrogen-bond donors (Lipinski definition) is 0. The van der Waals surface area contributed by atoms with Crippen molar-refractivity contribution >= 4 is 26.5 Å². The van der Waals surface area contributed by atoms with Crippen LogP contribution >= 0.6 is 0 Å². The van der Waals surface area contributed by atoms with Crippen molar-refractivity contribution in [3.8, 4) is 6.07 Å². The average molecular weight is 572 g/mol. The van der Waals surface area contributed by atoms with E-state index in [9.17, 15) is 13.7 Å². The summed E-state index contributed by atoms with van der Waals surface area (Å²) < 4.78 is 56.0. The molecule has 210 valence electrons. The number of allylic oxidation sites excluding steroid dienone is 3. The highest BCUT2D eigenvalue weighted by Crippen LogP contribution is 2.51. The Morgan fingerprint density at radius 3 is 2.49 bits per heavy atom. The van der Waals surface area contributed by atoms with Crippen LogP contribution in [0.1, 0.15) is 31.4 Å². The van der Waals surface area contributed by atoms with Gasteiger partial charge in [-0.2, -0.15) is 5.26 Å². The third-order valence-electron chi connectivity index (χ3n) is 8.58. The normalized spacial score (nSPS) is 22.6. The van der Waals surface area contributed by atoms with E-state index in [0.717, 1.165) is 5.56 Å². The smallest absolute Gasteiger partial charge is 0.268 e. The van der Waals surface area contributed by atoms with Crippen LogP contribution in [-0.2, 0) is 19.5 Å². The largest absolute Gasteiger partial charge is 0.498 e. The van der Waals surface area contributed by atoms with Crippen LogP contribution in [0.2, 0.25) is 0 Å². The van der Waals surface area contributed by atoms with Gasteiger partial charge in [0.25, 0.3) is 10.0 Å². The Morgan fingerprint density at radius 2 is 1.83 bits per heavy atom. The highest BCUT2D eigenvalue weighted by Gasteiger charge is 2.47. The van der Waals surface area contributed by atoms with Crippen molar-refractivity contribution < 1.29 is 22.3 Å². The molecule has 2 aliphatic heterocycles. The Morgan fingerprint density at radius 1 is 1.12 bits per heavy atom. The lowest BCUT2D eigenvalue weighted by atomic mass is 9.82. The molecule has 1 aliphatic carbocycles. The maximum Gasteiger partial charge on any atom is 0.268 e. The van der Waals surface area contributed by atoms with Crippen molar-refractivity contribution in [2.75, 3.05) is 20.8 Å². The van der Waals surface area contributed by atoms with Crippen molar-refractivity contribution in [2.45, 2.75) is 43.7 Å². The van der Waals surface area contributed by atoms with Crippen LogP contribution in [0.5, 0.6) is 0 Å². The predicted octanol–water partition coefficient (Wildman–Crippen LogP) is 6.00. The molecule has 1 aromatic heterocycles. The topological polar surface area (TPSA) is 84.6 Å². The first kappa shape index (κ1) is 27.1. The number of hydrogen-bond acceptors (Lipinski definition) is 6. The van der Waals surface area contributed by atoms with Gasteiger partial charge in [0.15, 0.2) is 5.60 Å². The molecule has 0 fully saturated rings. The second kappa shape index (κ2) is 9.47. The number of halogens is 1. The van der Waals surface area contributed by atoms with Crippen molar-refractivity contribution in [2.24, 2.45) is 0 Å². The number of aryl methyl sites for hydroxylation is 1. The maximum absolute atomic E-state index is 16.0. The standard InChI is InChI=1S/C32H30FN3O4S/c1-19-10-12-21(13-11-19)41(37,38)36-18-26(22-8-6-7-9-27(22)36)29-20(2)35-15-14-23-24(30(35)25(29)17-34)16-28(39-4)32(3,40-5)31(23)33/h6-13,16,18,20H,14-15H2,1-5H3. The fourth-order valence-electron chi connectivity index (χ4n) is 6.29. The van der Waals surface area contributed by atoms with Crippen molar-refractivity contribution in [3.05, 3.63) is 106 Å². The van der Waals surface area contributed by atoms with E-state index in [1.54, 1.807) is 55.6 Å². The number of methoxy groups -OCH3 is 2. The fourth-order valence-corrected chi connectivity index (χ4v) is 7.66. The van der Waals surface area contributed by atoms with E-state index in [4.69, 9.17) is 9.47 Å². The van der Waals surface area contributed by atoms with Crippen LogP contribution < -0.4 is 0 Å². The van der Waals surface area contributed by atoms with Crippen LogP contribution in [0.4, 0.5) is 4.39 Å². The molecular formula is C32H30FN3O4S. The molecule has 2 atom stereocenters. The van der Waals surface area contributed by atoms with Gasteiger partial charge in [-0.05, 0) is 57.0 Å². The van der Waals surface area contributed by atoms with Gasteiger partial charge in [-0.1, -0.05) is 35.9 Å². The average Bonchev–Trinajstić information content (AvgIpc) is 3.50. The molecule has 6 rings (SSSR count). The van der Waals surface area contributed by atoms with E-state index in [2.05, 4.69) is 11.0 Å². The first-order valence-corrected chi connectivity index (χ1v) is 14.8. The number of rotatable bonds is 5. The molecule has 0 saturated carbocycles. The number of nitriles is 1. The fraction of sp³-hybridized carbons (Fsp3) is 0.281. The molecule has 0 radical (unpaired) electrons. The Balaban J connectivity index is 1.61. The molecule has 3 aromatic rings. The summed E-state index contributed by atoms with van der Waals surface area (Å²) in [7, 11) is -1.01. The van der Waals surface area contributed by atoms with Gasteiger partial charge in [0.05, 0.1) is 34.8 Å². The van der Waals surface area contributed by atoms with Crippen LogP contribution in [0.15, 0.2) is 99.7 Å². The van der Waals surface area contributed by atoms with E-state index in [1.807, 2.05) is 26.0 Å². The van der Waals surface area contributed by atoms with Gasteiger partial charge in [-0.25, -0.2) is 16.8 Å². The van der Waals surface area contributed by atoms with Gasteiger partial charge in [0, 0.05) is 41.9 Å². The molecule has 3 heterocycles. The summed E-state index contributed by atoms with van der Waals surface area (Å²) in [4.78, 5) is 2.28. The van der Waals surface area contributed by atoms with Crippen LogP contribution in [0.25, 0.3) is 16.5 Å². The molecule has 0 amide bonds. The van der Waals surface area contributed by atoms with E-state index in [0.29, 0.717) is 63.2 Å². The molecule has 3 aliphatic rings. The number of benzene rings is 2. The lowest BCUT2D eigenvalue weighted by Gasteiger charge is -2.39. The summed E-state index contributed by atoms with van der Waals surface area (Å²) >= 11 is 0. The maximum atomic E-state index is 16.0. The number of para-hydroxylation sites is 1. The summed E-state index contributed by atoms with van der Waals surface area (Å²) in [6.45, 7) is 6.02. The molecule has 41 heavy (non-hydrogen) atoms. The number of fused-ring (bicyclic) bond motifs is 3.